The Morgan fingerprint density at radius 3 is 2.74 bits per heavy atom. The summed E-state index contributed by atoms with van der Waals surface area (Å²) in [5.74, 6) is -0.279. The molecule has 31 heavy (non-hydrogen) atoms. The standard InChI is InChI=1S/C20H14BrCl2N3O4S/c21-13-2-1-7-25(19(13)28)15-4-3-11(8-14(15)22)26-10-12(30-20(26)29)9-24-18(27)16-5-6-17(23)31-16/h1-8,12H,9-10H2,(H,24,27)/t12-/m0/s1. The molecule has 2 aromatic heterocycles. The lowest BCUT2D eigenvalue weighted by Gasteiger charge is -2.15. The van der Waals surface area contributed by atoms with Crippen LogP contribution in [0, 0.1) is 0 Å². The maximum absolute atomic E-state index is 12.3. The van der Waals surface area contributed by atoms with Crippen molar-refractivity contribution in [2.24, 2.45) is 0 Å². The largest absolute Gasteiger partial charge is 0.442 e. The number of ether oxygens (including phenoxy) is 1. The third kappa shape index (κ3) is 4.64. The fraction of sp³-hybridized carbons (Fsp3) is 0.150. The zero-order chi connectivity index (χ0) is 22.1. The van der Waals surface area contributed by atoms with Crippen molar-refractivity contribution in [3.8, 4) is 5.69 Å². The minimum absolute atomic E-state index is 0.163. The molecule has 0 bridgehead atoms. The molecule has 3 heterocycles. The highest BCUT2D eigenvalue weighted by molar-refractivity contribution is 9.10. The van der Waals surface area contributed by atoms with Crippen molar-refractivity contribution in [2.45, 2.75) is 6.10 Å². The first-order valence-electron chi connectivity index (χ1n) is 9.02. The van der Waals surface area contributed by atoms with Gasteiger partial charge < -0.3 is 10.1 Å². The number of hydrogen-bond donors (Lipinski definition) is 1. The van der Waals surface area contributed by atoms with Gasteiger partial charge in [0.05, 0.1) is 37.5 Å². The summed E-state index contributed by atoms with van der Waals surface area (Å²) in [5.41, 5.74) is 0.768. The molecule has 160 valence electrons. The van der Waals surface area contributed by atoms with Crippen molar-refractivity contribution >= 4 is 68.2 Å². The van der Waals surface area contributed by atoms with Crippen LogP contribution in [-0.2, 0) is 4.74 Å². The molecule has 3 aromatic rings. The van der Waals surface area contributed by atoms with Gasteiger partial charge in [-0.2, -0.15) is 0 Å². The zero-order valence-electron chi connectivity index (χ0n) is 15.7. The van der Waals surface area contributed by atoms with Gasteiger partial charge in [0, 0.05) is 11.9 Å². The number of amides is 2. The second-order valence-electron chi connectivity index (χ2n) is 6.60. The predicted octanol–water partition coefficient (Wildman–Crippen LogP) is 4.72. The monoisotopic (exact) mass is 541 g/mol. The number of pyridine rings is 1. The van der Waals surface area contributed by atoms with Crippen LogP contribution in [0.3, 0.4) is 0 Å². The van der Waals surface area contributed by atoms with E-state index in [0.29, 0.717) is 30.1 Å². The molecule has 0 spiro atoms. The van der Waals surface area contributed by atoms with Crippen molar-refractivity contribution in [3.05, 3.63) is 77.7 Å². The lowest BCUT2D eigenvalue weighted by atomic mass is 10.2. The molecule has 1 fully saturated rings. The molecule has 0 radical (unpaired) electrons. The number of rotatable bonds is 5. The van der Waals surface area contributed by atoms with E-state index in [4.69, 9.17) is 27.9 Å². The van der Waals surface area contributed by atoms with Gasteiger partial charge in [-0.1, -0.05) is 23.2 Å². The van der Waals surface area contributed by atoms with Crippen molar-refractivity contribution in [1.29, 1.82) is 0 Å². The molecule has 1 atom stereocenters. The van der Waals surface area contributed by atoms with E-state index in [1.54, 1.807) is 48.7 Å². The van der Waals surface area contributed by atoms with E-state index in [-0.39, 0.29) is 24.6 Å². The number of cyclic esters (lactones) is 1. The Labute approximate surface area is 199 Å². The number of carbonyl (C=O) groups excluding carboxylic acids is 2. The quantitative estimate of drug-likeness (QED) is 0.505. The minimum Gasteiger partial charge on any atom is -0.442 e. The number of aromatic nitrogens is 1. The number of carbonyl (C=O) groups is 2. The van der Waals surface area contributed by atoms with Gasteiger partial charge in [0.25, 0.3) is 11.5 Å². The second-order valence-corrected chi connectivity index (χ2v) is 9.57. The van der Waals surface area contributed by atoms with Gasteiger partial charge in [-0.05, 0) is 58.4 Å². The van der Waals surface area contributed by atoms with Gasteiger partial charge >= 0.3 is 6.09 Å². The van der Waals surface area contributed by atoms with E-state index in [1.807, 2.05) is 0 Å². The summed E-state index contributed by atoms with van der Waals surface area (Å²) in [6.07, 6.45) is 0.553. The summed E-state index contributed by atoms with van der Waals surface area (Å²) in [4.78, 5) is 38.7. The fourth-order valence-electron chi connectivity index (χ4n) is 3.09. The number of thiophene rings is 1. The Balaban J connectivity index is 1.45. The number of nitrogens with one attached hydrogen (secondary N) is 1. The van der Waals surface area contributed by atoms with E-state index < -0.39 is 12.2 Å². The first kappa shape index (κ1) is 21.9. The Kier molecular flexibility index (Phi) is 6.38. The summed E-state index contributed by atoms with van der Waals surface area (Å²) < 4.78 is 7.70. The molecule has 4 rings (SSSR count). The van der Waals surface area contributed by atoms with E-state index in [9.17, 15) is 14.4 Å². The van der Waals surface area contributed by atoms with E-state index in [1.165, 1.54) is 20.8 Å². The topological polar surface area (TPSA) is 80.6 Å². The Hall–Kier alpha value is -2.33. The number of anilines is 1. The van der Waals surface area contributed by atoms with Gasteiger partial charge in [-0.3, -0.25) is 19.1 Å². The lowest BCUT2D eigenvalue weighted by Crippen LogP contribution is -2.34. The molecular formula is C20H14BrCl2N3O4S. The normalized spacial score (nSPS) is 15.8. The molecule has 1 aliphatic rings. The molecule has 0 aliphatic carbocycles. The highest BCUT2D eigenvalue weighted by atomic mass is 79.9. The van der Waals surface area contributed by atoms with E-state index in [2.05, 4.69) is 21.2 Å². The van der Waals surface area contributed by atoms with Gasteiger partial charge in [0.15, 0.2) is 0 Å². The van der Waals surface area contributed by atoms with Crippen LogP contribution in [-0.4, -0.2) is 35.8 Å². The molecule has 2 amide bonds. The highest BCUT2D eigenvalue weighted by Crippen LogP contribution is 2.29. The van der Waals surface area contributed by atoms with Crippen LogP contribution >= 0.6 is 50.5 Å². The maximum Gasteiger partial charge on any atom is 0.414 e. The number of halogens is 3. The van der Waals surface area contributed by atoms with Crippen molar-refractivity contribution < 1.29 is 14.3 Å². The zero-order valence-corrected chi connectivity index (χ0v) is 19.6. The average Bonchev–Trinajstić information content (AvgIpc) is 3.34. The summed E-state index contributed by atoms with van der Waals surface area (Å²) in [5, 5.41) is 3.04. The van der Waals surface area contributed by atoms with Crippen LogP contribution in [0.5, 0.6) is 0 Å². The molecule has 0 unspecified atom stereocenters. The van der Waals surface area contributed by atoms with Crippen LogP contribution in [0.2, 0.25) is 9.36 Å². The van der Waals surface area contributed by atoms with Crippen LogP contribution in [0.25, 0.3) is 5.69 Å². The summed E-state index contributed by atoms with van der Waals surface area (Å²) >= 11 is 16.6. The Bertz CT molecular complexity index is 1230. The third-order valence-electron chi connectivity index (χ3n) is 4.56. The van der Waals surface area contributed by atoms with Gasteiger partial charge in [-0.15, -0.1) is 11.3 Å². The van der Waals surface area contributed by atoms with E-state index >= 15 is 0 Å². The first-order valence-corrected chi connectivity index (χ1v) is 11.4. The SMILES string of the molecule is O=C(NC[C@H]1CN(c2ccc(-n3cccc(Br)c3=O)c(Cl)c2)C(=O)O1)c1ccc(Cl)s1. The number of nitrogens with zero attached hydrogens (tertiary/aromatic N) is 2. The molecule has 1 aliphatic heterocycles. The molecule has 1 N–H and O–H groups in total. The van der Waals surface area contributed by atoms with Gasteiger partial charge in [0.1, 0.15) is 6.10 Å². The van der Waals surface area contributed by atoms with Crippen LogP contribution < -0.4 is 15.8 Å². The minimum atomic E-state index is -0.540. The lowest BCUT2D eigenvalue weighted by molar-refractivity contribution is 0.0920. The maximum atomic E-state index is 12.3. The van der Waals surface area contributed by atoms with Crippen LogP contribution in [0.15, 0.2) is 57.9 Å². The van der Waals surface area contributed by atoms with Gasteiger partial charge in [0.2, 0.25) is 0 Å². The van der Waals surface area contributed by atoms with Crippen molar-refractivity contribution in [2.75, 3.05) is 18.0 Å². The second kappa shape index (κ2) is 9.04. The molecule has 7 nitrogen and oxygen atoms in total. The summed E-state index contributed by atoms with van der Waals surface area (Å²) in [7, 11) is 0. The predicted molar refractivity (Wildman–Crippen MR) is 124 cm³/mol. The molecule has 1 saturated heterocycles. The fourth-order valence-corrected chi connectivity index (χ4v) is 4.65. The van der Waals surface area contributed by atoms with Crippen molar-refractivity contribution in [3.63, 3.8) is 0 Å². The first-order chi connectivity index (χ1) is 14.8. The van der Waals surface area contributed by atoms with Crippen LogP contribution in [0.4, 0.5) is 10.5 Å². The number of benzene rings is 1. The highest BCUT2D eigenvalue weighted by Gasteiger charge is 2.33. The smallest absolute Gasteiger partial charge is 0.414 e. The Morgan fingerprint density at radius 1 is 1.23 bits per heavy atom. The summed E-state index contributed by atoms with van der Waals surface area (Å²) in [6.45, 7) is 0.409. The molecule has 1 aromatic carbocycles. The van der Waals surface area contributed by atoms with Crippen molar-refractivity contribution in [1.82, 2.24) is 9.88 Å². The van der Waals surface area contributed by atoms with Gasteiger partial charge in [-0.25, -0.2) is 4.79 Å². The van der Waals surface area contributed by atoms with Crippen LogP contribution in [0.1, 0.15) is 9.67 Å². The molecule has 0 saturated carbocycles. The van der Waals surface area contributed by atoms with E-state index in [0.717, 1.165) is 0 Å². The molecule has 11 heteroatoms. The average molecular weight is 543 g/mol. The Morgan fingerprint density at radius 2 is 2.03 bits per heavy atom. The third-order valence-corrected chi connectivity index (χ3v) is 6.70. The molecular weight excluding hydrogens is 529 g/mol. The number of hydrogen-bond acceptors (Lipinski definition) is 5. The summed E-state index contributed by atoms with van der Waals surface area (Å²) in [6, 6.07) is 11.6.